The highest BCUT2D eigenvalue weighted by Crippen LogP contribution is 2.23. The number of hydrogen-bond donors (Lipinski definition) is 2. The summed E-state index contributed by atoms with van der Waals surface area (Å²) >= 11 is 0. The van der Waals surface area contributed by atoms with Gasteiger partial charge in [-0.05, 0) is 31.5 Å². The lowest BCUT2D eigenvalue weighted by Gasteiger charge is -2.26. The number of aliphatic hydroxyl groups excluding tert-OH is 1. The lowest BCUT2D eigenvalue weighted by molar-refractivity contribution is 0.152. The first-order valence-corrected chi connectivity index (χ1v) is 7.02. The van der Waals surface area contributed by atoms with E-state index < -0.39 is 6.43 Å². The third-order valence-corrected chi connectivity index (χ3v) is 3.05. The van der Waals surface area contributed by atoms with E-state index in [-0.39, 0.29) is 19.7 Å². The Hall–Kier alpha value is -1.20. The van der Waals surface area contributed by atoms with Crippen molar-refractivity contribution < 1.29 is 13.9 Å². The molecule has 0 saturated heterocycles. The molecule has 0 heterocycles. The van der Waals surface area contributed by atoms with Crippen molar-refractivity contribution in [2.75, 3.05) is 31.1 Å². The zero-order valence-electron chi connectivity index (χ0n) is 12.2. The van der Waals surface area contributed by atoms with Crippen molar-refractivity contribution in [1.29, 1.82) is 0 Å². The summed E-state index contributed by atoms with van der Waals surface area (Å²) in [6.07, 6.45) is -1.39. The van der Waals surface area contributed by atoms with Gasteiger partial charge in [0.05, 0.1) is 13.2 Å². The van der Waals surface area contributed by atoms with Gasteiger partial charge >= 0.3 is 0 Å². The summed E-state index contributed by atoms with van der Waals surface area (Å²) in [5.74, 6) is 0. The van der Waals surface area contributed by atoms with Crippen molar-refractivity contribution >= 4 is 5.69 Å². The number of halogens is 2. The Morgan fingerprint density at radius 2 is 2.10 bits per heavy atom. The van der Waals surface area contributed by atoms with E-state index in [4.69, 9.17) is 5.11 Å². The molecule has 0 atom stereocenters. The third kappa shape index (κ3) is 5.43. The maximum absolute atomic E-state index is 12.7. The molecule has 20 heavy (non-hydrogen) atoms. The summed E-state index contributed by atoms with van der Waals surface area (Å²) in [6, 6.07) is 5.78. The van der Waals surface area contributed by atoms with Gasteiger partial charge in [-0.1, -0.05) is 24.6 Å². The molecule has 5 heteroatoms. The molecule has 0 spiro atoms. The predicted octanol–water partition coefficient (Wildman–Crippen LogP) is 2.56. The van der Waals surface area contributed by atoms with Crippen LogP contribution in [0.2, 0.25) is 0 Å². The van der Waals surface area contributed by atoms with E-state index in [9.17, 15) is 8.78 Å². The van der Waals surface area contributed by atoms with E-state index in [1.165, 1.54) is 0 Å². The molecule has 1 aromatic rings. The zero-order chi connectivity index (χ0) is 15.0. The molecule has 0 radical (unpaired) electrons. The Kier molecular flexibility index (Phi) is 7.47. The first kappa shape index (κ1) is 16.9. The minimum Gasteiger partial charge on any atom is -0.395 e. The van der Waals surface area contributed by atoms with Crippen molar-refractivity contribution in [1.82, 2.24) is 5.32 Å². The molecule has 0 aliphatic carbocycles. The Bertz CT molecular complexity index is 399. The van der Waals surface area contributed by atoms with E-state index in [2.05, 4.69) is 12.2 Å². The number of nitrogens with one attached hydrogen (secondary N) is 1. The average molecular weight is 286 g/mol. The van der Waals surface area contributed by atoms with Crippen LogP contribution in [0.5, 0.6) is 0 Å². The number of benzene rings is 1. The standard InChI is InChI=1S/C15H24F2N2O/c1-3-6-18-10-13-9-12(2)4-5-14(13)19(7-8-20)11-15(16)17/h4-5,9,15,18,20H,3,6-8,10-11H2,1-2H3. The second kappa shape index (κ2) is 8.87. The van der Waals surface area contributed by atoms with Crippen LogP contribution < -0.4 is 10.2 Å². The Morgan fingerprint density at radius 3 is 2.70 bits per heavy atom. The zero-order valence-corrected chi connectivity index (χ0v) is 12.2. The molecule has 0 amide bonds. The molecule has 0 aliphatic rings. The van der Waals surface area contributed by atoms with E-state index in [1.54, 1.807) is 4.90 Å². The summed E-state index contributed by atoms with van der Waals surface area (Å²) in [6.45, 7) is 5.33. The van der Waals surface area contributed by atoms with E-state index in [0.717, 1.165) is 29.8 Å². The van der Waals surface area contributed by atoms with Gasteiger partial charge in [-0.3, -0.25) is 0 Å². The SMILES string of the molecule is CCCNCc1cc(C)ccc1N(CCO)CC(F)F. The predicted molar refractivity (Wildman–Crippen MR) is 78.5 cm³/mol. The number of aryl methyl sites for hydroxylation is 1. The third-order valence-electron chi connectivity index (χ3n) is 3.05. The second-order valence-electron chi connectivity index (χ2n) is 4.87. The van der Waals surface area contributed by atoms with Crippen LogP contribution in [0.4, 0.5) is 14.5 Å². The van der Waals surface area contributed by atoms with Crippen LogP contribution in [-0.4, -0.2) is 37.8 Å². The highest BCUT2D eigenvalue weighted by molar-refractivity contribution is 5.55. The average Bonchev–Trinajstić information content (AvgIpc) is 2.38. The van der Waals surface area contributed by atoms with Crippen molar-refractivity contribution in [3.8, 4) is 0 Å². The molecule has 0 saturated carbocycles. The molecule has 0 fully saturated rings. The van der Waals surface area contributed by atoms with Crippen LogP contribution in [-0.2, 0) is 6.54 Å². The fourth-order valence-electron chi connectivity index (χ4n) is 2.16. The van der Waals surface area contributed by atoms with Crippen LogP contribution in [0, 0.1) is 6.92 Å². The molecule has 0 aromatic heterocycles. The van der Waals surface area contributed by atoms with Crippen LogP contribution >= 0.6 is 0 Å². The first-order chi connectivity index (χ1) is 9.58. The number of rotatable bonds is 9. The number of anilines is 1. The van der Waals surface area contributed by atoms with E-state index in [0.29, 0.717) is 6.54 Å². The van der Waals surface area contributed by atoms with Crippen molar-refractivity contribution in [3.63, 3.8) is 0 Å². The molecule has 0 bridgehead atoms. The Balaban J connectivity index is 2.93. The molecule has 0 unspecified atom stereocenters. The quantitative estimate of drug-likeness (QED) is 0.685. The van der Waals surface area contributed by atoms with E-state index in [1.807, 2.05) is 25.1 Å². The molecule has 2 N–H and O–H groups in total. The molecular formula is C15H24F2N2O. The van der Waals surface area contributed by atoms with Crippen LogP contribution in [0.1, 0.15) is 24.5 Å². The van der Waals surface area contributed by atoms with Gasteiger partial charge < -0.3 is 15.3 Å². The Morgan fingerprint density at radius 1 is 1.35 bits per heavy atom. The summed E-state index contributed by atoms with van der Waals surface area (Å²) in [7, 11) is 0. The largest absolute Gasteiger partial charge is 0.395 e. The molecule has 3 nitrogen and oxygen atoms in total. The van der Waals surface area contributed by atoms with Crippen LogP contribution in [0.25, 0.3) is 0 Å². The fraction of sp³-hybridized carbons (Fsp3) is 0.600. The number of nitrogens with zero attached hydrogens (tertiary/aromatic N) is 1. The molecule has 1 rings (SSSR count). The maximum Gasteiger partial charge on any atom is 0.255 e. The van der Waals surface area contributed by atoms with Gasteiger partial charge in [0.25, 0.3) is 6.43 Å². The molecule has 1 aromatic carbocycles. The van der Waals surface area contributed by atoms with Gasteiger partial charge in [0, 0.05) is 18.8 Å². The van der Waals surface area contributed by atoms with Crippen molar-refractivity contribution in [3.05, 3.63) is 29.3 Å². The van der Waals surface area contributed by atoms with Gasteiger partial charge in [-0.2, -0.15) is 0 Å². The fourth-order valence-corrected chi connectivity index (χ4v) is 2.16. The van der Waals surface area contributed by atoms with E-state index >= 15 is 0 Å². The topological polar surface area (TPSA) is 35.5 Å². The second-order valence-corrected chi connectivity index (χ2v) is 4.87. The molecule has 114 valence electrons. The monoisotopic (exact) mass is 286 g/mol. The number of hydrogen-bond acceptors (Lipinski definition) is 3. The Labute approximate surface area is 119 Å². The first-order valence-electron chi connectivity index (χ1n) is 7.02. The lowest BCUT2D eigenvalue weighted by atomic mass is 10.1. The minimum absolute atomic E-state index is 0.136. The summed E-state index contributed by atoms with van der Waals surface area (Å²) < 4.78 is 25.3. The molecule has 0 aliphatic heterocycles. The summed E-state index contributed by atoms with van der Waals surface area (Å²) in [4.78, 5) is 1.55. The van der Waals surface area contributed by atoms with Gasteiger partial charge in [0.15, 0.2) is 0 Å². The van der Waals surface area contributed by atoms with Gasteiger partial charge in [-0.25, -0.2) is 8.78 Å². The lowest BCUT2D eigenvalue weighted by Crippen LogP contribution is -2.33. The van der Waals surface area contributed by atoms with Gasteiger partial charge in [0.1, 0.15) is 0 Å². The normalized spacial score (nSPS) is 11.1. The minimum atomic E-state index is -2.42. The smallest absolute Gasteiger partial charge is 0.255 e. The maximum atomic E-state index is 12.7. The molecular weight excluding hydrogens is 262 g/mol. The van der Waals surface area contributed by atoms with Crippen molar-refractivity contribution in [2.24, 2.45) is 0 Å². The van der Waals surface area contributed by atoms with Gasteiger partial charge in [0.2, 0.25) is 0 Å². The summed E-state index contributed by atoms with van der Waals surface area (Å²) in [5, 5.41) is 12.4. The van der Waals surface area contributed by atoms with Gasteiger partial charge in [-0.15, -0.1) is 0 Å². The van der Waals surface area contributed by atoms with Crippen molar-refractivity contribution in [2.45, 2.75) is 33.2 Å². The van der Waals surface area contributed by atoms with Crippen LogP contribution in [0.3, 0.4) is 0 Å². The number of alkyl halides is 2. The summed E-state index contributed by atoms with van der Waals surface area (Å²) in [5.41, 5.74) is 2.86. The highest BCUT2D eigenvalue weighted by Gasteiger charge is 2.15. The van der Waals surface area contributed by atoms with Crippen LogP contribution in [0.15, 0.2) is 18.2 Å². The number of aliphatic hydroxyl groups is 1. The highest BCUT2D eigenvalue weighted by atomic mass is 19.3.